The second-order valence-electron chi connectivity index (χ2n) is 5.93. The lowest BCUT2D eigenvalue weighted by Gasteiger charge is -2.11. The molecule has 2 rings (SSSR count). The van der Waals surface area contributed by atoms with Crippen LogP contribution in [0.4, 0.5) is 0 Å². The Morgan fingerprint density at radius 2 is 2.00 bits per heavy atom. The molecule has 0 aliphatic carbocycles. The number of thiazole rings is 1. The van der Waals surface area contributed by atoms with Crippen LogP contribution in [0.15, 0.2) is 34.5 Å². The second-order valence-corrected chi connectivity index (χ2v) is 8.20. The van der Waals surface area contributed by atoms with Gasteiger partial charge in [-0.05, 0) is 19.1 Å². The van der Waals surface area contributed by atoms with Gasteiger partial charge in [-0.3, -0.25) is 9.59 Å². The van der Waals surface area contributed by atoms with Crippen LogP contribution in [-0.2, 0) is 11.2 Å². The molecule has 1 amide bonds. The van der Waals surface area contributed by atoms with Crippen LogP contribution in [0.2, 0.25) is 0 Å². The van der Waals surface area contributed by atoms with Crippen LogP contribution in [0, 0.1) is 0 Å². The third kappa shape index (κ3) is 5.57. The summed E-state index contributed by atoms with van der Waals surface area (Å²) in [6.07, 6.45) is 0.676. The molecule has 1 heterocycles. The fraction of sp³-hybridized carbons (Fsp3) is 0.389. The first-order chi connectivity index (χ1) is 11.9. The summed E-state index contributed by atoms with van der Waals surface area (Å²) in [6.45, 7) is 6.32. The molecular formula is C18H22N2O3S2. The Labute approximate surface area is 155 Å². The van der Waals surface area contributed by atoms with Crippen molar-refractivity contribution < 1.29 is 14.7 Å². The van der Waals surface area contributed by atoms with Crippen molar-refractivity contribution in [3.63, 3.8) is 0 Å². The van der Waals surface area contributed by atoms with E-state index < -0.39 is 11.2 Å². The van der Waals surface area contributed by atoms with Gasteiger partial charge in [0.05, 0.1) is 16.3 Å². The van der Waals surface area contributed by atoms with Gasteiger partial charge in [-0.25, -0.2) is 4.98 Å². The molecule has 0 spiro atoms. The molecule has 5 nitrogen and oxygen atoms in total. The average Bonchev–Trinajstić information content (AvgIpc) is 3.04. The van der Waals surface area contributed by atoms with Gasteiger partial charge in [0.15, 0.2) is 0 Å². The van der Waals surface area contributed by atoms with Gasteiger partial charge in [-0.15, -0.1) is 23.1 Å². The van der Waals surface area contributed by atoms with E-state index in [0.717, 1.165) is 10.7 Å². The maximum absolute atomic E-state index is 12.4. The zero-order valence-corrected chi connectivity index (χ0v) is 16.1. The van der Waals surface area contributed by atoms with Gasteiger partial charge in [0.1, 0.15) is 5.25 Å². The van der Waals surface area contributed by atoms with Gasteiger partial charge < -0.3 is 10.4 Å². The van der Waals surface area contributed by atoms with Crippen molar-refractivity contribution in [2.75, 3.05) is 6.54 Å². The fourth-order valence-corrected chi connectivity index (χ4v) is 3.90. The molecule has 0 aliphatic heterocycles. The van der Waals surface area contributed by atoms with Gasteiger partial charge in [-0.2, -0.15) is 0 Å². The third-order valence-electron chi connectivity index (χ3n) is 3.51. The van der Waals surface area contributed by atoms with Crippen LogP contribution < -0.4 is 5.32 Å². The first-order valence-corrected chi connectivity index (χ1v) is 9.85. The van der Waals surface area contributed by atoms with Gasteiger partial charge in [0, 0.05) is 29.2 Å². The summed E-state index contributed by atoms with van der Waals surface area (Å²) in [5.41, 5.74) is 1.48. The normalized spacial score (nSPS) is 12.2. The Kier molecular flexibility index (Phi) is 7.01. The molecule has 0 saturated carbocycles. The van der Waals surface area contributed by atoms with Crippen LogP contribution in [0.3, 0.4) is 0 Å². The van der Waals surface area contributed by atoms with Crippen molar-refractivity contribution in [2.24, 2.45) is 0 Å². The first kappa shape index (κ1) is 19.5. The van der Waals surface area contributed by atoms with Crippen LogP contribution in [0.5, 0.6) is 0 Å². The van der Waals surface area contributed by atoms with E-state index in [0.29, 0.717) is 29.3 Å². The number of carbonyl (C=O) groups is 2. The summed E-state index contributed by atoms with van der Waals surface area (Å²) in [7, 11) is 0. The van der Waals surface area contributed by atoms with Crippen molar-refractivity contribution in [1.29, 1.82) is 0 Å². The van der Waals surface area contributed by atoms with Crippen molar-refractivity contribution in [3.05, 3.63) is 45.9 Å². The molecular weight excluding hydrogens is 356 g/mol. The fourth-order valence-electron chi connectivity index (χ4n) is 2.10. The van der Waals surface area contributed by atoms with Gasteiger partial charge >= 0.3 is 5.97 Å². The largest absolute Gasteiger partial charge is 0.480 e. The number of benzene rings is 1. The van der Waals surface area contributed by atoms with E-state index in [9.17, 15) is 9.59 Å². The number of carbonyl (C=O) groups excluding carboxylic acids is 1. The number of aromatic nitrogens is 1. The summed E-state index contributed by atoms with van der Waals surface area (Å²) in [5.74, 6) is -0.682. The second kappa shape index (κ2) is 9.01. The molecule has 0 aliphatic rings. The molecule has 2 aromatic rings. The average molecular weight is 379 g/mol. The Bertz CT molecular complexity index is 743. The van der Waals surface area contributed by atoms with Crippen molar-refractivity contribution in [3.8, 4) is 0 Å². The number of nitrogens with zero attached hydrogens (tertiary/aromatic N) is 1. The highest BCUT2D eigenvalue weighted by Crippen LogP contribution is 2.27. The predicted octanol–water partition coefficient (Wildman–Crippen LogP) is 3.80. The predicted molar refractivity (Wildman–Crippen MR) is 102 cm³/mol. The molecule has 1 unspecified atom stereocenters. The van der Waals surface area contributed by atoms with E-state index in [-0.39, 0.29) is 5.91 Å². The van der Waals surface area contributed by atoms with Gasteiger partial charge in [-0.1, -0.05) is 26.0 Å². The number of carboxylic acids is 1. The molecule has 1 atom stereocenters. The zero-order chi connectivity index (χ0) is 18.4. The van der Waals surface area contributed by atoms with Crippen LogP contribution in [0.1, 0.15) is 47.7 Å². The smallest absolute Gasteiger partial charge is 0.316 e. The van der Waals surface area contributed by atoms with Gasteiger partial charge in [0.2, 0.25) is 0 Å². The topological polar surface area (TPSA) is 79.3 Å². The van der Waals surface area contributed by atoms with E-state index >= 15 is 0 Å². The molecule has 7 heteroatoms. The molecule has 2 N–H and O–H groups in total. The van der Waals surface area contributed by atoms with E-state index in [1.807, 2.05) is 5.38 Å². The van der Waals surface area contributed by atoms with Crippen LogP contribution >= 0.6 is 23.1 Å². The number of hydrogen-bond donors (Lipinski definition) is 2. The standard InChI is InChI=1S/C18H22N2O3S2/c1-11(2)17-20-13(10-24-17)8-9-19-16(21)14-6-4-5-7-15(14)25-12(3)18(22)23/h4-7,10-12H,8-9H2,1-3H3,(H,19,21)(H,22,23). The summed E-state index contributed by atoms with van der Waals surface area (Å²) < 4.78 is 0. The molecule has 0 saturated heterocycles. The molecule has 0 fully saturated rings. The maximum atomic E-state index is 12.4. The van der Waals surface area contributed by atoms with Crippen LogP contribution in [-0.4, -0.2) is 33.8 Å². The minimum absolute atomic E-state index is 0.194. The molecule has 1 aromatic heterocycles. The van der Waals surface area contributed by atoms with Crippen molar-refractivity contribution >= 4 is 35.0 Å². The zero-order valence-electron chi connectivity index (χ0n) is 14.5. The lowest BCUT2D eigenvalue weighted by atomic mass is 10.2. The number of rotatable bonds is 8. The van der Waals surface area contributed by atoms with E-state index in [1.54, 1.807) is 42.5 Å². The Hall–Kier alpha value is -1.86. The minimum atomic E-state index is -0.898. The summed E-state index contributed by atoms with van der Waals surface area (Å²) in [6, 6.07) is 7.07. The monoisotopic (exact) mass is 378 g/mol. The Morgan fingerprint density at radius 3 is 2.64 bits per heavy atom. The van der Waals surface area contributed by atoms with Gasteiger partial charge in [0.25, 0.3) is 5.91 Å². The summed E-state index contributed by atoms with van der Waals surface area (Å²) >= 11 is 2.81. The number of carboxylic acid groups (broad SMARTS) is 1. The number of hydrogen-bond acceptors (Lipinski definition) is 5. The highest BCUT2D eigenvalue weighted by molar-refractivity contribution is 8.00. The number of nitrogens with one attached hydrogen (secondary N) is 1. The molecule has 134 valence electrons. The number of aliphatic carboxylic acids is 1. The van der Waals surface area contributed by atoms with Crippen LogP contribution in [0.25, 0.3) is 0 Å². The van der Waals surface area contributed by atoms with Crippen molar-refractivity contribution in [2.45, 2.75) is 43.3 Å². The molecule has 0 radical (unpaired) electrons. The highest BCUT2D eigenvalue weighted by Gasteiger charge is 2.17. The number of thioether (sulfide) groups is 1. The van der Waals surface area contributed by atoms with E-state index in [1.165, 1.54) is 11.8 Å². The molecule has 1 aromatic carbocycles. The van der Waals surface area contributed by atoms with E-state index in [2.05, 4.69) is 24.1 Å². The maximum Gasteiger partial charge on any atom is 0.316 e. The SMILES string of the molecule is CC(Sc1ccccc1C(=O)NCCc1csc(C(C)C)n1)C(=O)O. The summed E-state index contributed by atoms with van der Waals surface area (Å²) in [5, 5.41) is 14.5. The highest BCUT2D eigenvalue weighted by atomic mass is 32.2. The molecule has 0 bridgehead atoms. The van der Waals surface area contributed by atoms with Crippen molar-refractivity contribution in [1.82, 2.24) is 10.3 Å². The third-order valence-corrected chi connectivity index (χ3v) is 5.87. The Morgan fingerprint density at radius 1 is 1.28 bits per heavy atom. The number of amides is 1. The van der Waals surface area contributed by atoms with E-state index in [4.69, 9.17) is 5.11 Å². The summed E-state index contributed by atoms with van der Waals surface area (Å²) in [4.78, 5) is 28.7. The quantitative estimate of drug-likeness (QED) is 0.683. The molecule has 25 heavy (non-hydrogen) atoms. The lowest BCUT2D eigenvalue weighted by molar-refractivity contribution is -0.136. The Balaban J connectivity index is 1.95. The minimum Gasteiger partial charge on any atom is -0.480 e. The lowest BCUT2D eigenvalue weighted by Crippen LogP contribution is -2.26. The first-order valence-electron chi connectivity index (χ1n) is 8.09.